The number of halogens is 1. The lowest BCUT2D eigenvalue weighted by Crippen LogP contribution is -1.99. The van der Waals surface area contributed by atoms with E-state index in [4.69, 9.17) is 5.73 Å². The van der Waals surface area contributed by atoms with Gasteiger partial charge in [-0.25, -0.2) is 9.37 Å². The van der Waals surface area contributed by atoms with Crippen molar-refractivity contribution in [3.05, 3.63) is 72.0 Å². The molecule has 0 atom stereocenters. The van der Waals surface area contributed by atoms with Crippen LogP contribution in [0.3, 0.4) is 0 Å². The van der Waals surface area contributed by atoms with Gasteiger partial charge in [-0.05, 0) is 23.1 Å². The van der Waals surface area contributed by atoms with Gasteiger partial charge in [0.05, 0.1) is 5.52 Å². The van der Waals surface area contributed by atoms with Crippen molar-refractivity contribution in [3.8, 4) is 17.2 Å². The van der Waals surface area contributed by atoms with Gasteiger partial charge < -0.3 is 5.73 Å². The second kappa shape index (κ2) is 5.32. The highest BCUT2D eigenvalue weighted by molar-refractivity contribution is 6.11. The first-order valence-corrected chi connectivity index (χ1v) is 7.46. The van der Waals surface area contributed by atoms with Crippen LogP contribution in [0.1, 0.15) is 5.56 Å². The first-order chi connectivity index (χ1) is 11.7. The van der Waals surface area contributed by atoms with E-state index in [9.17, 15) is 9.65 Å². The van der Waals surface area contributed by atoms with Crippen LogP contribution in [0.15, 0.2) is 60.7 Å². The number of fused-ring (bicyclic) bond motifs is 3. The van der Waals surface area contributed by atoms with Crippen LogP contribution in [0.4, 0.5) is 10.2 Å². The van der Waals surface area contributed by atoms with E-state index < -0.39 is 0 Å². The minimum atomic E-state index is -0.325. The maximum atomic E-state index is 13.3. The second-order valence-corrected chi connectivity index (χ2v) is 5.55. The fourth-order valence-electron chi connectivity index (χ4n) is 3.05. The SMILES string of the molecule is N#Cc1c(N)nc2c(ccc3ccccc32)c1-c1ccc(F)cc1. The molecule has 0 saturated carbocycles. The molecule has 0 spiro atoms. The van der Waals surface area contributed by atoms with Crippen LogP contribution in [-0.4, -0.2) is 4.98 Å². The van der Waals surface area contributed by atoms with E-state index in [1.165, 1.54) is 12.1 Å². The van der Waals surface area contributed by atoms with Gasteiger partial charge in [0.15, 0.2) is 0 Å². The highest BCUT2D eigenvalue weighted by Gasteiger charge is 2.16. The normalized spacial score (nSPS) is 10.8. The maximum absolute atomic E-state index is 13.3. The molecule has 0 aliphatic heterocycles. The summed E-state index contributed by atoms with van der Waals surface area (Å²) in [6.07, 6.45) is 0. The van der Waals surface area contributed by atoms with Crippen molar-refractivity contribution < 1.29 is 4.39 Å². The van der Waals surface area contributed by atoms with E-state index in [1.807, 2.05) is 36.4 Å². The van der Waals surface area contributed by atoms with Crippen molar-refractivity contribution in [2.45, 2.75) is 0 Å². The molecule has 1 aromatic heterocycles. The van der Waals surface area contributed by atoms with Gasteiger partial charge in [-0.2, -0.15) is 5.26 Å². The van der Waals surface area contributed by atoms with Gasteiger partial charge in [-0.15, -0.1) is 0 Å². The molecule has 0 amide bonds. The Morgan fingerprint density at radius 3 is 2.42 bits per heavy atom. The Morgan fingerprint density at radius 2 is 1.67 bits per heavy atom. The lowest BCUT2D eigenvalue weighted by Gasteiger charge is -2.13. The zero-order valence-corrected chi connectivity index (χ0v) is 12.6. The van der Waals surface area contributed by atoms with E-state index in [0.29, 0.717) is 11.1 Å². The molecule has 114 valence electrons. The number of nitrogen functional groups attached to an aromatic ring is 1. The number of hydrogen-bond acceptors (Lipinski definition) is 3. The van der Waals surface area contributed by atoms with Crippen molar-refractivity contribution >= 4 is 27.5 Å². The summed E-state index contributed by atoms with van der Waals surface area (Å²) in [7, 11) is 0. The van der Waals surface area contributed by atoms with Crippen LogP contribution < -0.4 is 5.73 Å². The van der Waals surface area contributed by atoms with Crippen LogP contribution in [0, 0.1) is 17.1 Å². The van der Waals surface area contributed by atoms with Crippen LogP contribution in [0.5, 0.6) is 0 Å². The molecule has 0 fully saturated rings. The summed E-state index contributed by atoms with van der Waals surface area (Å²) in [5.41, 5.74) is 8.52. The number of pyridine rings is 1. The van der Waals surface area contributed by atoms with Crippen molar-refractivity contribution in [1.29, 1.82) is 5.26 Å². The number of anilines is 1. The monoisotopic (exact) mass is 313 g/mol. The van der Waals surface area contributed by atoms with Crippen molar-refractivity contribution in [1.82, 2.24) is 4.98 Å². The Kier molecular flexibility index (Phi) is 3.14. The molecule has 4 rings (SSSR count). The minimum absolute atomic E-state index is 0.181. The molecule has 0 saturated heterocycles. The Hall–Kier alpha value is -3.45. The largest absolute Gasteiger partial charge is 0.383 e. The molecule has 2 N–H and O–H groups in total. The average molecular weight is 313 g/mol. The molecule has 0 unspecified atom stereocenters. The molecular formula is C20H12FN3. The topological polar surface area (TPSA) is 62.7 Å². The van der Waals surface area contributed by atoms with Crippen molar-refractivity contribution in [2.24, 2.45) is 0 Å². The third-order valence-electron chi connectivity index (χ3n) is 4.15. The molecule has 0 bridgehead atoms. The van der Waals surface area contributed by atoms with Gasteiger partial charge in [0.25, 0.3) is 0 Å². The standard InChI is InChI=1S/C20H12FN3/c21-14-8-5-13(6-9-14)18-16-10-7-12-3-1-2-4-15(12)19(16)24-20(23)17(18)11-22/h1-10H,(H2,23,24). The van der Waals surface area contributed by atoms with Crippen LogP contribution in [0.2, 0.25) is 0 Å². The van der Waals surface area contributed by atoms with E-state index in [-0.39, 0.29) is 11.6 Å². The van der Waals surface area contributed by atoms with E-state index in [0.717, 1.165) is 27.2 Å². The summed E-state index contributed by atoms with van der Waals surface area (Å²) in [5.74, 6) is -0.144. The van der Waals surface area contributed by atoms with Crippen LogP contribution in [-0.2, 0) is 0 Å². The first-order valence-electron chi connectivity index (χ1n) is 7.46. The number of rotatable bonds is 1. The Balaban J connectivity index is 2.19. The Bertz CT molecular complexity index is 1130. The number of hydrogen-bond donors (Lipinski definition) is 1. The number of nitriles is 1. The van der Waals surface area contributed by atoms with Gasteiger partial charge in [-0.3, -0.25) is 0 Å². The summed E-state index contributed by atoms with van der Waals surface area (Å²) < 4.78 is 13.3. The summed E-state index contributed by atoms with van der Waals surface area (Å²) in [4.78, 5) is 4.46. The predicted molar refractivity (Wildman–Crippen MR) is 93.8 cm³/mol. The molecule has 3 aromatic carbocycles. The van der Waals surface area contributed by atoms with Gasteiger partial charge >= 0.3 is 0 Å². The summed E-state index contributed by atoms with van der Waals surface area (Å²) in [5, 5.41) is 12.4. The molecule has 24 heavy (non-hydrogen) atoms. The number of benzene rings is 3. The molecule has 0 radical (unpaired) electrons. The summed E-state index contributed by atoms with van der Waals surface area (Å²) >= 11 is 0. The van der Waals surface area contributed by atoms with E-state index >= 15 is 0 Å². The summed E-state index contributed by atoms with van der Waals surface area (Å²) in [6, 6.07) is 20.0. The third kappa shape index (κ3) is 2.07. The molecule has 4 heteroatoms. The smallest absolute Gasteiger partial charge is 0.142 e. The van der Waals surface area contributed by atoms with Gasteiger partial charge in [0.2, 0.25) is 0 Å². The molecule has 0 aliphatic carbocycles. The molecule has 4 aromatic rings. The number of nitrogens with zero attached hydrogens (tertiary/aromatic N) is 2. The molecule has 0 aliphatic rings. The molecule has 3 nitrogen and oxygen atoms in total. The van der Waals surface area contributed by atoms with Crippen LogP contribution in [0.25, 0.3) is 32.8 Å². The first kappa shape index (κ1) is 14.2. The lowest BCUT2D eigenvalue weighted by atomic mass is 9.94. The highest BCUT2D eigenvalue weighted by Crippen LogP contribution is 2.36. The van der Waals surface area contributed by atoms with Gasteiger partial charge in [-0.1, -0.05) is 48.5 Å². The molecule has 1 heterocycles. The zero-order chi connectivity index (χ0) is 16.7. The van der Waals surface area contributed by atoms with E-state index in [1.54, 1.807) is 12.1 Å². The highest BCUT2D eigenvalue weighted by atomic mass is 19.1. The average Bonchev–Trinajstić information content (AvgIpc) is 2.61. The number of aromatic nitrogens is 1. The van der Waals surface area contributed by atoms with E-state index in [2.05, 4.69) is 11.1 Å². The Morgan fingerprint density at radius 1 is 0.917 bits per heavy atom. The predicted octanol–water partition coefficient (Wildman–Crippen LogP) is 4.65. The van der Waals surface area contributed by atoms with Crippen LogP contribution >= 0.6 is 0 Å². The fourth-order valence-corrected chi connectivity index (χ4v) is 3.05. The third-order valence-corrected chi connectivity index (χ3v) is 4.15. The van der Waals surface area contributed by atoms with Gasteiger partial charge in [0, 0.05) is 16.3 Å². The van der Waals surface area contributed by atoms with Crippen molar-refractivity contribution in [2.75, 3.05) is 5.73 Å². The Labute approximate surface area is 137 Å². The maximum Gasteiger partial charge on any atom is 0.142 e. The lowest BCUT2D eigenvalue weighted by molar-refractivity contribution is 0.628. The molecular weight excluding hydrogens is 301 g/mol. The van der Waals surface area contributed by atoms with Gasteiger partial charge in [0.1, 0.15) is 23.3 Å². The quantitative estimate of drug-likeness (QED) is 0.520. The minimum Gasteiger partial charge on any atom is -0.383 e. The number of nitrogens with two attached hydrogens (primary N) is 1. The zero-order valence-electron chi connectivity index (χ0n) is 12.6. The fraction of sp³-hybridized carbons (Fsp3) is 0. The van der Waals surface area contributed by atoms with Crippen molar-refractivity contribution in [3.63, 3.8) is 0 Å². The second-order valence-electron chi connectivity index (χ2n) is 5.55. The summed E-state index contributed by atoms with van der Waals surface area (Å²) in [6.45, 7) is 0.